The van der Waals surface area contributed by atoms with Crippen LogP contribution in [-0.4, -0.2) is 37.5 Å². The molecule has 2 heterocycles. The van der Waals surface area contributed by atoms with Crippen molar-refractivity contribution in [2.45, 2.75) is 19.3 Å². The third-order valence-corrected chi connectivity index (χ3v) is 7.10. The molecule has 10 heteroatoms. The molecule has 0 spiro atoms. The van der Waals surface area contributed by atoms with Crippen molar-refractivity contribution in [3.63, 3.8) is 0 Å². The average molecular weight is 485 g/mol. The van der Waals surface area contributed by atoms with Gasteiger partial charge in [0.25, 0.3) is 11.8 Å². The summed E-state index contributed by atoms with van der Waals surface area (Å²) in [5.74, 6) is -1.95. The van der Waals surface area contributed by atoms with E-state index in [0.29, 0.717) is 21.1 Å². The Morgan fingerprint density at radius 1 is 1.00 bits per heavy atom. The Balaban J connectivity index is 1.32. The van der Waals surface area contributed by atoms with E-state index in [4.69, 9.17) is 9.47 Å². The molecule has 1 aliphatic carbocycles. The van der Waals surface area contributed by atoms with Crippen LogP contribution in [0.3, 0.4) is 0 Å². The lowest BCUT2D eigenvalue weighted by Crippen LogP contribution is -2.21. The Labute approximate surface area is 197 Å². The third kappa shape index (κ3) is 5.12. The zero-order valence-corrected chi connectivity index (χ0v) is 19.3. The number of carbonyl (C=O) groups excluding carboxylic acids is 4. The zero-order valence-electron chi connectivity index (χ0n) is 17.6. The van der Waals surface area contributed by atoms with Crippen LogP contribution in [0, 0.1) is 0 Å². The molecule has 0 fully saturated rings. The highest BCUT2D eigenvalue weighted by Gasteiger charge is 2.28. The molecule has 8 nitrogen and oxygen atoms in total. The van der Waals surface area contributed by atoms with E-state index in [9.17, 15) is 19.2 Å². The van der Waals surface area contributed by atoms with Crippen LogP contribution in [0.25, 0.3) is 0 Å². The number of anilines is 2. The zero-order chi connectivity index (χ0) is 23.4. The van der Waals surface area contributed by atoms with Gasteiger partial charge in [-0.25, -0.2) is 9.59 Å². The molecule has 4 rings (SSSR count). The molecule has 2 aromatic heterocycles. The molecule has 1 aliphatic rings. The number of aryl methyl sites for hydroxylation is 1. The first kappa shape index (κ1) is 22.7. The third-order valence-electron chi connectivity index (χ3n) is 5.02. The van der Waals surface area contributed by atoms with E-state index < -0.39 is 24.5 Å². The van der Waals surface area contributed by atoms with E-state index in [1.807, 2.05) is 5.38 Å². The predicted octanol–water partition coefficient (Wildman–Crippen LogP) is 4.13. The summed E-state index contributed by atoms with van der Waals surface area (Å²) >= 11 is 2.68. The van der Waals surface area contributed by atoms with Crippen LogP contribution in [-0.2, 0) is 27.1 Å². The monoisotopic (exact) mass is 484 g/mol. The van der Waals surface area contributed by atoms with Gasteiger partial charge in [0.15, 0.2) is 6.61 Å². The maximum atomic E-state index is 12.3. The highest BCUT2D eigenvalue weighted by molar-refractivity contribution is 7.17. The second-order valence-electron chi connectivity index (χ2n) is 7.19. The summed E-state index contributed by atoms with van der Waals surface area (Å²) in [7, 11) is 1.30. The van der Waals surface area contributed by atoms with Crippen molar-refractivity contribution in [1.82, 2.24) is 0 Å². The molecule has 1 aromatic carbocycles. The predicted molar refractivity (Wildman–Crippen MR) is 125 cm³/mol. The minimum absolute atomic E-state index is 0.233. The summed E-state index contributed by atoms with van der Waals surface area (Å²) in [6, 6.07) is 9.67. The van der Waals surface area contributed by atoms with Gasteiger partial charge in [0.05, 0.1) is 23.1 Å². The first-order valence-corrected chi connectivity index (χ1v) is 11.8. The van der Waals surface area contributed by atoms with E-state index in [-0.39, 0.29) is 11.5 Å². The number of hydrogen-bond donors (Lipinski definition) is 2. The standard InChI is InChI=1S/C23H20N2O6S2/c1-30-23(29)19-15-4-2-5-16(15)33-21(19)25-18(26)12-31-22(28)13-7-9-14(10-8-13)24-20(27)17-6-3-11-32-17/h3,6-11H,2,4-5,12H2,1H3,(H,24,27)(H,25,26). The van der Waals surface area contributed by atoms with E-state index in [1.165, 1.54) is 41.9 Å². The summed E-state index contributed by atoms with van der Waals surface area (Å²) in [5.41, 5.74) is 2.08. The molecule has 0 radical (unpaired) electrons. The van der Waals surface area contributed by atoms with Crippen molar-refractivity contribution in [2.75, 3.05) is 24.4 Å². The Kier molecular flexibility index (Phi) is 6.85. The molecule has 0 atom stereocenters. The average Bonchev–Trinajstić information content (AvgIpc) is 3.55. The number of nitrogens with one attached hydrogen (secondary N) is 2. The number of esters is 2. The second-order valence-corrected chi connectivity index (χ2v) is 9.24. The van der Waals surface area contributed by atoms with E-state index in [0.717, 1.165) is 29.7 Å². The van der Waals surface area contributed by atoms with Gasteiger partial charge in [-0.1, -0.05) is 6.07 Å². The molecule has 33 heavy (non-hydrogen) atoms. The number of carbonyl (C=O) groups is 4. The highest BCUT2D eigenvalue weighted by atomic mass is 32.1. The van der Waals surface area contributed by atoms with Gasteiger partial charge in [0, 0.05) is 10.6 Å². The fraction of sp³-hybridized carbons (Fsp3) is 0.217. The molecule has 0 unspecified atom stereocenters. The molecule has 2 N–H and O–H groups in total. The van der Waals surface area contributed by atoms with Crippen LogP contribution in [0.15, 0.2) is 41.8 Å². The normalized spacial score (nSPS) is 12.0. The van der Waals surface area contributed by atoms with Crippen LogP contribution in [0.2, 0.25) is 0 Å². The van der Waals surface area contributed by atoms with Gasteiger partial charge in [-0.3, -0.25) is 9.59 Å². The van der Waals surface area contributed by atoms with Crippen molar-refractivity contribution in [3.8, 4) is 0 Å². The maximum Gasteiger partial charge on any atom is 0.341 e. The molecule has 2 amide bonds. The van der Waals surface area contributed by atoms with E-state index in [2.05, 4.69) is 10.6 Å². The number of rotatable bonds is 7. The van der Waals surface area contributed by atoms with Gasteiger partial charge in [-0.2, -0.15) is 0 Å². The van der Waals surface area contributed by atoms with Crippen molar-refractivity contribution in [2.24, 2.45) is 0 Å². The Morgan fingerprint density at radius 3 is 2.48 bits per heavy atom. The highest BCUT2D eigenvalue weighted by Crippen LogP contribution is 2.39. The molecule has 3 aromatic rings. The molecule has 0 saturated carbocycles. The SMILES string of the molecule is COC(=O)c1c(NC(=O)COC(=O)c2ccc(NC(=O)c3cccs3)cc2)sc2c1CCC2. The number of hydrogen-bond acceptors (Lipinski definition) is 8. The minimum atomic E-state index is -0.678. The Bertz CT molecular complexity index is 1200. The van der Waals surface area contributed by atoms with Crippen molar-refractivity contribution < 1.29 is 28.7 Å². The Hall–Kier alpha value is -3.50. The Morgan fingerprint density at radius 2 is 1.79 bits per heavy atom. The summed E-state index contributed by atoms with van der Waals surface area (Å²) in [6.45, 7) is -0.501. The minimum Gasteiger partial charge on any atom is -0.465 e. The smallest absolute Gasteiger partial charge is 0.341 e. The second kappa shape index (κ2) is 9.97. The van der Waals surface area contributed by atoms with Crippen molar-refractivity contribution >= 4 is 57.1 Å². The lowest BCUT2D eigenvalue weighted by atomic mass is 10.1. The van der Waals surface area contributed by atoms with Crippen LogP contribution in [0.4, 0.5) is 10.7 Å². The van der Waals surface area contributed by atoms with Crippen molar-refractivity contribution in [3.05, 3.63) is 68.2 Å². The lowest BCUT2D eigenvalue weighted by molar-refractivity contribution is -0.119. The molecule has 0 bridgehead atoms. The van der Waals surface area contributed by atoms with Crippen LogP contribution in [0.1, 0.15) is 47.2 Å². The quantitative estimate of drug-likeness (QED) is 0.488. The summed E-state index contributed by atoms with van der Waals surface area (Å²) in [6.07, 6.45) is 2.59. The van der Waals surface area contributed by atoms with Crippen molar-refractivity contribution in [1.29, 1.82) is 0 Å². The summed E-state index contributed by atoms with van der Waals surface area (Å²) < 4.78 is 9.96. The number of methoxy groups -OCH3 is 1. The summed E-state index contributed by atoms with van der Waals surface area (Å²) in [4.78, 5) is 50.5. The number of benzene rings is 1. The number of ether oxygens (including phenoxy) is 2. The van der Waals surface area contributed by atoms with Crippen LogP contribution < -0.4 is 10.6 Å². The van der Waals surface area contributed by atoms with Gasteiger partial charge < -0.3 is 20.1 Å². The van der Waals surface area contributed by atoms with Gasteiger partial charge in [0.2, 0.25) is 0 Å². The molecular weight excluding hydrogens is 464 g/mol. The molecule has 0 saturated heterocycles. The van der Waals surface area contributed by atoms with Gasteiger partial charge >= 0.3 is 11.9 Å². The van der Waals surface area contributed by atoms with Gasteiger partial charge in [-0.05, 0) is 60.5 Å². The fourth-order valence-corrected chi connectivity index (χ4v) is 5.39. The first-order valence-electron chi connectivity index (χ1n) is 10.1. The molecule has 170 valence electrons. The largest absolute Gasteiger partial charge is 0.465 e. The van der Waals surface area contributed by atoms with Crippen LogP contribution >= 0.6 is 22.7 Å². The fourth-order valence-electron chi connectivity index (χ4n) is 3.48. The lowest BCUT2D eigenvalue weighted by Gasteiger charge is -2.08. The summed E-state index contributed by atoms with van der Waals surface area (Å²) in [5, 5.41) is 7.63. The van der Waals surface area contributed by atoms with Crippen LogP contribution in [0.5, 0.6) is 0 Å². The number of amides is 2. The maximum absolute atomic E-state index is 12.3. The molecular formula is C23H20N2O6S2. The topological polar surface area (TPSA) is 111 Å². The number of fused-ring (bicyclic) bond motifs is 1. The van der Waals surface area contributed by atoms with Gasteiger partial charge in [0.1, 0.15) is 5.00 Å². The molecule has 0 aliphatic heterocycles. The van der Waals surface area contributed by atoms with E-state index in [1.54, 1.807) is 24.3 Å². The first-order chi connectivity index (χ1) is 16.0. The van der Waals surface area contributed by atoms with Gasteiger partial charge in [-0.15, -0.1) is 22.7 Å². The van der Waals surface area contributed by atoms with E-state index >= 15 is 0 Å². The number of thiophene rings is 2.